The fraction of sp³-hybridized carbons (Fsp3) is 0.750. The number of rotatable bonds is 3. The third-order valence-corrected chi connectivity index (χ3v) is 9.68. The molecule has 0 aromatic heterocycles. The molecule has 3 saturated carbocycles. The molecule has 158 valence electrons. The van der Waals surface area contributed by atoms with Crippen LogP contribution in [-0.4, -0.2) is 61.2 Å². The Labute approximate surface area is 173 Å². The van der Waals surface area contributed by atoms with Crippen molar-refractivity contribution in [3.05, 3.63) is 23.3 Å². The lowest BCUT2D eigenvalue weighted by atomic mass is 9.34. The molecule has 2 spiro atoms. The maximum atomic E-state index is 11.3. The largest absolute Gasteiger partial charge is 0.493 e. The Morgan fingerprint density at radius 3 is 2.69 bits per heavy atom. The zero-order valence-electron chi connectivity index (χ0n) is 18.2. The van der Waals surface area contributed by atoms with Gasteiger partial charge in [-0.25, -0.2) is 0 Å². The summed E-state index contributed by atoms with van der Waals surface area (Å²) < 4.78 is 19.1. The van der Waals surface area contributed by atoms with Crippen LogP contribution in [0.2, 0.25) is 0 Å². The van der Waals surface area contributed by atoms with Gasteiger partial charge in [-0.1, -0.05) is 6.07 Å². The lowest BCUT2D eigenvalue weighted by molar-refractivity contribution is -0.298. The van der Waals surface area contributed by atoms with Gasteiger partial charge in [-0.15, -0.1) is 0 Å². The quantitative estimate of drug-likeness (QED) is 0.847. The van der Waals surface area contributed by atoms with Gasteiger partial charge in [-0.2, -0.15) is 0 Å². The maximum absolute atomic E-state index is 11.3. The summed E-state index contributed by atoms with van der Waals surface area (Å²) in [5.41, 5.74) is 1.60. The summed E-state index contributed by atoms with van der Waals surface area (Å²) in [5.74, 6) is 1.83. The summed E-state index contributed by atoms with van der Waals surface area (Å²) in [5, 5.41) is 11.3. The van der Waals surface area contributed by atoms with Gasteiger partial charge in [0, 0.05) is 35.5 Å². The average molecular weight is 400 g/mol. The number of hydrogen-bond acceptors (Lipinski definition) is 5. The molecule has 1 aromatic rings. The number of piperidine rings is 1. The summed E-state index contributed by atoms with van der Waals surface area (Å²) in [6.07, 6.45) is 5.15. The van der Waals surface area contributed by atoms with E-state index in [-0.39, 0.29) is 22.9 Å². The van der Waals surface area contributed by atoms with Crippen LogP contribution in [0.25, 0.3) is 0 Å². The van der Waals surface area contributed by atoms with Crippen molar-refractivity contribution < 1.29 is 19.3 Å². The Kier molecular flexibility index (Phi) is 3.37. The highest BCUT2D eigenvalue weighted by atomic mass is 16.6. The molecule has 1 saturated heterocycles. The Morgan fingerprint density at radius 2 is 2.00 bits per heavy atom. The van der Waals surface area contributed by atoms with Crippen LogP contribution >= 0.6 is 0 Å². The lowest BCUT2D eigenvalue weighted by Crippen LogP contribution is -2.82. The molecule has 4 fully saturated rings. The Hall–Kier alpha value is -1.30. The van der Waals surface area contributed by atoms with Crippen LogP contribution in [-0.2, 0) is 16.6 Å². The summed E-state index contributed by atoms with van der Waals surface area (Å²) in [4.78, 5) is 2.58. The van der Waals surface area contributed by atoms with Gasteiger partial charge in [0.15, 0.2) is 11.5 Å². The summed E-state index contributed by atoms with van der Waals surface area (Å²) in [6, 6.07) is 4.82. The van der Waals surface area contributed by atoms with Crippen LogP contribution in [0.4, 0.5) is 0 Å². The molecule has 7 rings (SSSR count). The van der Waals surface area contributed by atoms with Gasteiger partial charge in [0.1, 0.15) is 11.7 Å². The first-order valence-electron chi connectivity index (χ1n) is 11.1. The Morgan fingerprint density at radius 1 is 1.21 bits per heavy atom. The van der Waals surface area contributed by atoms with Crippen molar-refractivity contribution in [2.24, 2.45) is 11.3 Å². The van der Waals surface area contributed by atoms with Crippen molar-refractivity contribution in [1.29, 1.82) is 0 Å². The third kappa shape index (κ3) is 1.78. The molecule has 4 bridgehead atoms. The van der Waals surface area contributed by atoms with E-state index in [2.05, 4.69) is 24.1 Å². The number of aliphatic hydroxyl groups is 1. The van der Waals surface area contributed by atoms with Crippen LogP contribution in [0.5, 0.6) is 11.5 Å². The van der Waals surface area contributed by atoms with Crippen molar-refractivity contribution >= 4 is 0 Å². The van der Waals surface area contributed by atoms with Gasteiger partial charge in [0.2, 0.25) is 0 Å². The zero-order valence-corrected chi connectivity index (χ0v) is 18.2. The van der Waals surface area contributed by atoms with Crippen LogP contribution in [0.15, 0.2) is 12.1 Å². The Bertz CT molecular complexity index is 894. The molecule has 0 amide bonds. The highest BCUT2D eigenvalue weighted by molar-refractivity contribution is 5.63. The molecule has 2 heterocycles. The normalized spacial score (nSPS) is 44.4. The van der Waals surface area contributed by atoms with Crippen molar-refractivity contribution in [3.63, 3.8) is 0 Å². The van der Waals surface area contributed by atoms with Gasteiger partial charge >= 0.3 is 0 Å². The summed E-state index contributed by atoms with van der Waals surface area (Å²) >= 11 is 0. The molecule has 5 heteroatoms. The summed E-state index contributed by atoms with van der Waals surface area (Å²) in [6.45, 7) is 4.99. The number of hydrogen-bond donors (Lipinski definition) is 1. The van der Waals surface area contributed by atoms with Crippen molar-refractivity contribution in [2.45, 2.75) is 74.7 Å². The zero-order chi connectivity index (χ0) is 20.4. The molecule has 4 aliphatic carbocycles. The molecule has 6 aliphatic rings. The van der Waals surface area contributed by atoms with Crippen molar-refractivity contribution in [1.82, 2.24) is 4.90 Å². The van der Waals surface area contributed by atoms with Crippen LogP contribution in [0.1, 0.15) is 50.7 Å². The fourth-order valence-electron chi connectivity index (χ4n) is 8.66. The number of likely N-dealkylation sites (tertiary alicyclic amines) is 1. The van der Waals surface area contributed by atoms with Gasteiger partial charge < -0.3 is 24.2 Å². The first-order chi connectivity index (χ1) is 13.7. The molecule has 1 N–H and O–H groups in total. The highest BCUT2D eigenvalue weighted by Gasteiger charge is 2.81. The van der Waals surface area contributed by atoms with Crippen LogP contribution < -0.4 is 9.47 Å². The van der Waals surface area contributed by atoms with E-state index in [1.165, 1.54) is 11.1 Å². The third-order valence-electron chi connectivity index (χ3n) is 9.68. The molecular weight excluding hydrogens is 366 g/mol. The van der Waals surface area contributed by atoms with E-state index in [9.17, 15) is 5.11 Å². The van der Waals surface area contributed by atoms with Gasteiger partial charge in [0.25, 0.3) is 0 Å². The standard InChI is InChI=1S/C24H33NO4/c1-21(2,26)16-13-22-8-9-24(16,28-5)20-23(22)10-11-25(3)17(22)12-14-6-7-15(27-4)19(29-20)18(14)23/h6-7,16-17,20,26H,8-13H2,1-5H3/t16-,17+,20-,22-,23-,24+/m0/s1. The van der Waals surface area contributed by atoms with E-state index >= 15 is 0 Å². The second-order valence-corrected chi connectivity index (χ2v) is 10.8. The number of likely N-dealkylation sites (N-methyl/N-ethyl adjacent to an activating group) is 1. The van der Waals surface area contributed by atoms with Crippen molar-refractivity contribution in [3.8, 4) is 11.5 Å². The highest BCUT2D eigenvalue weighted by Crippen LogP contribution is 2.77. The topological polar surface area (TPSA) is 51.2 Å². The number of benzene rings is 1. The minimum atomic E-state index is -0.819. The molecular formula is C24H33NO4. The number of ether oxygens (including phenoxy) is 3. The lowest BCUT2D eigenvalue weighted by Gasteiger charge is -2.74. The molecule has 2 aliphatic heterocycles. The first-order valence-corrected chi connectivity index (χ1v) is 11.1. The molecule has 5 nitrogen and oxygen atoms in total. The van der Waals surface area contributed by atoms with E-state index in [0.29, 0.717) is 6.04 Å². The van der Waals surface area contributed by atoms with Gasteiger partial charge in [0.05, 0.1) is 12.7 Å². The maximum Gasteiger partial charge on any atom is 0.165 e. The second-order valence-electron chi connectivity index (χ2n) is 10.8. The monoisotopic (exact) mass is 399 g/mol. The Balaban J connectivity index is 1.68. The van der Waals surface area contributed by atoms with Crippen molar-refractivity contribution in [2.75, 3.05) is 27.8 Å². The molecule has 0 unspecified atom stereocenters. The molecule has 1 aromatic carbocycles. The molecule has 29 heavy (non-hydrogen) atoms. The van der Waals surface area contributed by atoms with Gasteiger partial charge in [-0.3, -0.25) is 0 Å². The van der Waals surface area contributed by atoms with Gasteiger partial charge in [-0.05, 0) is 71.2 Å². The van der Waals surface area contributed by atoms with Crippen LogP contribution in [0.3, 0.4) is 0 Å². The number of nitrogens with zero attached hydrogens (tertiary/aromatic N) is 1. The SMILES string of the molecule is COc1ccc2c3c1O[C@@H]1[C@@]4(OC)CC[C@]5(C[C@H]4C(C)(C)O)[C@@H](C2)N(C)CC[C@]315. The van der Waals surface area contributed by atoms with E-state index in [1.807, 2.05) is 21.0 Å². The van der Waals surface area contributed by atoms with E-state index in [4.69, 9.17) is 14.2 Å². The minimum Gasteiger partial charge on any atom is -0.493 e. The minimum absolute atomic E-state index is 0.0440. The van der Waals surface area contributed by atoms with Crippen LogP contribution in [0, 0.1) is 11.3 Å². The van der Waals surface area contributed by atoms with E-state index < -0.39 is 11.2 Å². The fourth-order valence-corrected chi connectivity index (χ4v) is 8.66. The first kappa shape index (κ1) is 18.5. The predicted molar refractivity (Wildman–Crippen MR) is 110 cm³/mol. The van der Waals surface area contributed by atoms with E-state index in [1.54, 1.807) is 7.11 Å². The summed E-state index contributed by atoms with van der Waals surface area (Å²) in [7, 11) is 5.85. The molecule has 0 radical (unpaired) electrons. The number of fused-ring (bicyclic) bond motifs is 2. The molecule has 6 atom stereocenters. The average Bonchev–Trinajstić information content (AvgIpc) is 3.06. The predicted octanol–water partition coefficient (Wildman–Crippen LogP) is 2.91. The van der Waals surface area contributed by atoms with E-state index in [0.717, 1.165) is 50.1 Å². The second kappa shape index (κ2) is 5.30. The smallest absolute Gasteiger partial charge is 0.165 e. The number of methoxy groups -OCH3 is 2.